The topological polar surface area (TPSA) is 86.4 Å². The molecule has 7 nitrogen and oxygen atoms in total. The minimum Gasteiger partial charge on any atom is -0.484 e. The monoisotopic (exact) mass is 393 g/mol. The minimum atomic E-state index is -4.43. The predicted molar refractivity (Wildman–Crippen MR) is 92.8 cm³/mol. The molecule has 0 saturated carbocycles. The van der Waals surface area contributed by atoms with Gasteiger partial charge in [-0.05, 0) is 36.4 Å². The lowest BCUT2D eigenvalue weighted by molar-refractivity contribution is -0.153. The second kappa shape index (κ2) is 7.99. The fraction of sp³-hybridized carbons (Fsp3) is 0.167. The molecular formula is C18H14F3N3O4. The summed E-state index contributed by atoms with van der Waals surface area (Å²) < 4.78 is 46.8. The van der Waals surface area contributed by atoms with Gasteiger partial charge in [0.25, 0.3) is 0 Å². The van der Waals surface area contributed by atoms with Gasteiger partial charge in [-0.25, -0.2) is 4.79 Å². The van der Waals surface area contributed by atoms with Gasteiger partial charge in [0.15, 0.2) is 6.61 Å². The molecule has 0 spiro atoms. The molecule has 0 bridgehead atoms. The highest BCUT2D eigenvalue weighted by Crippen LogP contribution is 2.20. The van der Waals surface area contributed by atoms with Crippen LogP contribution in [0.2, 0.25) is 0 Å². The van der Waals surface area contributed by atoms with Crippen LogP contribution in [0.3, 0.4) is 0 Å². The smallest absolute Gasteiger partial charge is 0.437 e. The number of nitrogens with zero attached hydrogens (tertiary/aromatic N) is 2. The SMILES string of the molecule is O=C(Cn1nc(-c2ccccc2)oc1=O)Nc1ccc(OCC(F)(F)F)cc1. The Balaban J connectivity index is 1.60. The van der Waals surface area contributed by atoms with Crippen molar-refractivity contribution >= 4 is 11.6 Å². The molecule has 0 radical (unpaired) electrons. The van der Waals surface area contributed by atoms with Crippen LogP contribution in [0.15, 0.2) is 63.8 Å². The molecule has 0 saturated heterocycles. The van der Waals surface area contributed by atoms with E-state index in [1.807, 2.05) is 0 Å². The number of carbonyl (C=O) groups excluding carboxylic acids is 1. The van der Waals surface area contributed by atoms with Crippen molar-refractivity contribution in [2.75, 3.05) is 11.9 Å². The number of benzene rings is 2. The van der Waals surface area contributed by atoms with E-state index in [1.165, 1.54) is 24.3 Å². The van der Waals surface area contributed by atoms with Crippen LogP contribution in [-0.4, -0.2) is 28.5 Å². The summed E-state index contributed by atoms with van der Waals surface area (Å²) >= 11 is 0. The van der Waals surface area contributed by atoms with Gasteiger partial charge in [0.05, 0.1) is 0 Å². The van der Waals surface area contributed by atoms with E-state index < -0.39 is 24.4 Å². The first-order valence-corrected chi connectivity index (χ1v) is 8.03. The minimum absolute atomic E-state index is 0.00977. The van der Waals surface area contributed by atoms with Crippen molar-refractivity contribution in [1.82, 2.24) is 9.78 Å². The highest BCUT2D eigenvalue weighted by molar-refractivity contribution is 5.90. The number of hydrogen-bond acceptors (Lipinski definition) is 5. The molecule has 0 aliphatic rings. The predicted octanol–water partition coefficient (Wildman–Crippen LogP) is 3.08. The van der Waals surface area contributed by atoms with Crippen molar-refractivity contribution in [3.05, 3.63) is 65.1 Å². The normalized spacial score (nSPS) is 11.2. The van der Waals surface area contributed by atoms with Crippen LogP contribution in [0.1, 0.15) is 0 Å². The van der Waals surface area contributed by atoms with Crippen LogP contribution in [0.25, 0.3) is 11.5 Å². The largest absolute Gasteiger partial charge is 0.484 e. The van der Waals surface area contributed by atoms with Gasteiger partial charge in [-0.2, -0.15) is 17.9 Å². The van der Waals surface area contributed by atoms with E-state index in [0.29, 0.717) is 11.3 Å². The Hall–Kier alpha value is -3.56. The Morgan fingerprint density at radius 3 is 2.43 bits per heavy atom. The van der Waals surface area contributed by atoms with Gasteiger partial charge in [-0.1, -0.05) is 18.2 Å². The quantitative estimate of drug-likeness (QED) is 0.696. The maximum Gasteiger partial charge on any atom is 0.437 e. The number of alkyl halides is 3. The highest BCUT2D eigenvalue weighted by atomic mass is 19.4. The number of carbonyl (C=O) groups is 1. The summed E-state index contributed by atoms with van der Waals surface area (Å²) in [6.07, 6.45) is -4.43. The van der Waals surface area contributed by atoms with Gasteiger partial charge >= 0.3 is 11.9 Å². The molecule has 0 aliphatic carbocycles. The lowest BCUT2D eigenvalue weighted by atomic mass is 10.2. The Morgan fingerprint density at radius 2 is 1.79 bits per heavy atom. The summed E-state index contributed by atoms with van der Waals surface area (Å²) in [7, 11) is 0. The maximum atomic E-state index is 12.1. The zero-order valence-corrected chi connectivity index (χ0v) is 14.3. The second-order valence-corrected chi connectivity index (χ2v) is 5.67. The van der Waals surface area contributed by atoms with Crippen LogP contribution >= 0.6 is 0 Å². The Morgan fingerprint density at radius 1 is 1.11 bits per heavy atom. The number of ether oxygens (including phenoxy) is 1. The van der Waals surface area contributed by atoms with Crippen molar-refractivity contribution in [2.45, 2.75) is 12.7 Å². The molecular weight excluding hydrogens is 379 g/mol. The zero-order chi connectivity index (χ0) is 20.1. The Bertz CT molecular complexity index is 995. The molecule has 10 heteroatoms. The summed E-state index contributed by atoms with van der Waals surface area (Å²) in [6, 6.07) is 14.1. The van der Waals surface area contributed by atoms with Gasteiger partial charge in [0.2, 0.25) is 11.8 Å². The molecule has 1 N–H and O–H groups in total. The van der Waals surface area contributed by atoms with Gasteiger partial charge in [0.1, 0.15) is 12.3 Å². The number of hydrogen-bond donors (Lipinski definition) is 1. The molecule has 0 fully saturated rings. The summed E-state index contributed by atoms with van der Waals surface area (Å²) in [6.45, 7) is -1.79. The molecule has 3 rings (SSSR count). The van der Waals surface area contributed by atoms with Crippen LogP contribution in [0.4, 0.5) is 18.9 Å². The zero-order valence-electron chi connectivity index (χ0n) is 14.3. The summed E-state index contributed by atoms with van der Waals surface area (Å²) in [5, 5.41) is 6.48. The van der Waals surface area contributed by atoms with Gasteiger partial charge < -0.3 is 14.5 Å². The lowest BCUT2D eigenvalue weighted by Gasteiger charge is -2.10. The van der Waals surface area contributed by atoms with Crippen molar-refractivity contribution in [2.24, 2.45) is 0 Å². The standard InChI is InChI=1S/C18H14F3N3O4/c19-18(20,21)11-27-14-8-6-13(7-9-14)22-15(25)10-24-17(26)28-16(23-24)12-4-2-1-3-5-12/h1-9H,10-11H2,(H,22,25). The van der Waals surface area contributed by atoms with E-state index in [4.69, 9.17) is 4.42 Å². The number of amides is 1. The van der Waals surface area contributed by atoms with Crippen molar-refractivity contribution in [3.63, 3.8) is 0 Å². The summed E-state index contributed by atoms with van der Waals surface area (Å²) in [5.74, 6) is -1.25. The molecule has 1 aromatic heterocycles. The maximum absolute atomic E-state index is 12.1. The second-order valence-electron chi connectivity index (χ2n) is 5.67. The van der Waals surface area contributed by atoms with Gasteiger partial charge in [-0.15, -0.1) is 5.10 Å². The van der Waals surface area contributed by atoms with Crippen LogP contribution in [0, 0.1) is 0 Å². The van der Waals surface area contributed by atoms with E-state index in [2.05, 4.69) is 15.2 Å². The first kappa shape index (κ1) is 19.2. The summed E-state index contributed by atoms with van der Waals surface area (Å²) in [4.78, 5) is 23.9. The fourth-order valence-electron chi connectivity index (χ4n) is 2.24. The average molecular weight is 393 g/mol. The molecule has 0 unspecified atom stereocenters. The van der Waals surface area contributed by atoms with Crippen LogP contribution in [0.5, 0.6) is 5.75 Å². The van der Waals surface area contributed by atoms with Crippen molar-refractivity contribution in [1.29, 1.82) is 0 Å². The number of aromatic nitrogens is 2. The molecule has 1 heterocycles. The lowest BCUT2D eigenvalue weighted by Crippen LogP contribution is -2.25. The third-order valence-corrected chi connectivity index (χ3v) is 3.46. The molecule has 28 heavy (non-hydrogen) atoms. The molecule has 0 atom stereocenters. The third kappa shape index (κ3) is 5.22. The van der Waals surface area contributed by atoms with E-state index in [9.17, 15) is 22.8 Å². The average Bonchev–Trinajstić information content (AvgIpc) is 3.02. The molecule has 3 aromatic rings. The van der Waals surface area contributed by atoms with E-state index in [-0.39, 0.29) is 18.2 Å². The third-order valence-electron chi connectivity index (χ3n) is 3.46. The number of nitrogens with one attached hydrogen (secondary N) is 1. The van der Waals surface area contributed by atoms with Gasteiger partial charge in [0, 0.05) is 11.3 Å². The van der Waals surface area contributed by atoms with Crippen LogP contribution in [-0.2, 0) is 11.3 Å². The Kier molecular flexibility index (Phi) is 5.48. The number of rotatable bonds is 6. The Labute approximate surface area is 156 Å². The van der Waals surface area contributed by atoms with Crippen molar-refractivity contribution in [3.8, 4) is 17.2 Å². The first-order chi connectivity index (χ1) is 13.3. The van der Waals surface area contributed by atoms with Crippen LogP contribution < -0.4 is 15.8 Å². The molecule has 146 valence electrons. The summed E-state index contributed by atoms with van der Waals surface area (Å²) in [5.41, 5.74) is 0.914. The fourth-order valence-corrected chi connectivity index (χ4v) is 2.24. The van der Waals surface area contributed by atoms with Crippen molar-refractivity contribution < 1.29 is 27.1 Å². The van der Waals surface area contributed by atoms with Gasteiger partial charge in [-0.3, -0.25) is 4.79 Å². The highest BCUT2D eigenvalue weighted by Gasteiger charge is 2.28. The van der Waals surface area contributed by atoms with E-state index >= 15 is 0 Å². The molecule has 0 aliphatic heterocycles. The molecule has 2 aromatic carbocycles. The number of anilines is 1. The first-order valence-electron chi connectivity index (χ1n) is 8.03. The van der Waals surface area contributed by atoms with E-state index in [0.717, 1.165) is 4.68 Å². The van der Waals surface area contributed by atoms with E-state index in [1.54, 1.807) is 30.3 Å². The molecule has 1 amide bonds. The number of halogens is 3.